The quantitative estimate of drug-likeness (QED) is 0.826. The second-order valence-electron chi connectivity index (χ2n) is 7.50. The molecule has 1 atom stereocenters. The summed E-state index contributed by atoms with van der Waals surface area (Å²) in [5, 5.41) is 2.99. The van der Waals surface area contributed by atoms with Crippen LogP contribution in [0.2, 0.25) is 0 Å². The Morgan fingerprint density at radius 1 is 1.11 bits per heavy atom. The van der Waals surface area contributed by atoms with Gasteiger partial charge in [-0.25, -0.2) is 17.5 Å². The summed E-state index contributed by atoms with van der Waals surface area (Å²) < 4.78 is 30.0. The van der Waals surface area contributed by atoms with E-state index in [-0.39, 0.29) is 6.03 Å². The number of sulfonamides is 1. The van der Waals surface area contributed by atoms with Crippen molar-refractivity contribution in [3.05, 3.63) is 29.8 Å². The van der Waals surface area contributed by atoms with Crippen LogP contribution in [0.5, 0.6) is 5.75 Å². The number of piperidine rings is 1. The Morgan fingerprint density at radius 2 is 1.74 bits per heavy atom. The van der Waals surface area contributed by atoms with E-state index in [1.165, 1.54) is 6.26 Å². The van der Waals surface area contributed by atoms with Gasteiger partial charge in [-0.05, 0) is 48.8 Å². The SMILES string of the molecule is COc1ccc(CNC(=O)N2CCC(C3CCN(S(C)(=O)=O)CC3)C2)cc1. The molecule has 0 aliphatic carbocycles. The number of hydrogen-bond donors (Lipinski definition) is 1. The van der Waals surface area contributed by atoms with Crippen molar-refractivity contribution < 1.29 is 17.9 Å². The monoisotopic (exact) mass is 395 g/mol. The summed E-state index contributed by atoms with van der Waals surface area (Å²) in [6.45, 7) is 3.23. The Morgan fingerprint density at radius 3 is 2.33 bits per heavy atom. The minimum atomic E-state index is -3.08. The molecule has 2 saturated heterocycles. The number of urea groups is 1. The van der Waals surface area contributed by atoms with Crippen molar-refractivity contribution in [2.24, 2.45) is 11.8 Å². The molecule has 1 N–H and O–H groups in total. The number of benzene rings is 1. The van der Waals surface area contributed by atoms with E-state index in [1.54, 1.807) is 11.4 Å². The van der Waals surface area contributed by atoms with Crippen molar-refractivity contribution in [2.45, 2.75) is 25.8 Å². The van der Waals surface area contributed by atoms with Gasteiger partial charge in [0.2, 0.25) is 10.0 Å². The zero-order valence-electron chi connectivity index (χ0n) is 16.1. The minimum absolute atomic E-state index is 0.0260. The molecular weight excluding hydrogens is 366 g/mol. The molecular formula is C19H29N3O4S. The molecule has 0 radical (unpaired) electrons. The molecule has 0 spiro atoms. The molecule has 1 aromatic rings. The van der Waals surface area contributed by atoms with Crippen molar-refractivity contribution in [3.63, 3.8) is 0 Å². The van der Waals surface area contributed by atoms with Gasteiger partial charge >= 0.3 is 6.03 Å². The number of rotatable bonds is 5. The third-order valence-corrected chi connectivity index (χ3v) is 7.05. The van der Waals surface area contributed by atoms with Gasteiger partial charge in [0, 0.05) is 32.7 Å². The van der Waals surface area contributed by atoms with Gasteiger partial charge in [-0.3, -0.25) is 0 Å². The van der Waals surface area contributed by atoms with Crippen LogP contribution >= 0.6 is 0 Å². The van der Waals surface area contributed by atoms with Gasteiger partial charge in [0.1, 0.15) is 5.75 Å². The fourth-order valence-electron chi connectivity index (χ4n) is 4.07. The number of nitrogens with zero attached hydrogens (tertiary/aromatic N) is 2. The van der Waals surface area contributed by atoms with Crippen molar-refractivity contribution in [3.8, 4) is 5.75 Å². The van der Waals surface area contributed by atoms with Crippen LogP contribution in [0.4, 0.5) is 4.79 Å². The Hall–Kier alpha value is -1.80. The highest BCUT2D eigenvalue weighted by atomic mass is 32.2. The highest BCUT2D eigenvalue weighted by Crippen LogP contribution is 2.32. The number of likely N-dealkylation sites (tertiary alicyclic amines) is 1. The van der Waals surface area contributed by atoms with Crippen LogP contribution in [-0.2, 0) is 16.6 Å². The highest BCUT2D eigenvalue weighted by Gasteiger charge is 2.35. The number of methoxy groups -OCH3 is 1. The molecule has 2 amide bonds. The third kappa shape index (κ3) is 5.13. The third-order valence-electron chi connectivity index (χ3n) is 5.75. The van der Waals surface area contributed by atoms with E-state index in [2.05, 4.69) is 5.32 Å². The summed E-state index contributed by atoms with van der Waals surface area (Å²) >= 11 is 0. The van der Waals surface area contributed by atoms with Crippen molar-refractivity contribution >= 4 is 16.1 Å². The molecule has 7 nitrogen and oxygen atoms in total. The first kappa shape index (κ1) is 19.9. The molecule has 8 heteroatoms. The van der Waals surface area contributed by atoms with E-state index in [9.17, 15) is 13.2 Å². The lowest BCUT2D eigenvalue weighted by Crippen LogP contribution is -2.41. The lowest BCUT2D eigenvalue weighted by Gasteiger charge is -2.33. The fourth-order valence-corrected chi connectivity index (χ4v) is 4.94. The Labute approximate surface area is 161 Å². The van der Waals surface area contributed by atoms with E-state index in [0.717, 1.165) is 43.7 Å². The van der Waals surface area contributed by atoms with Crippen molar-refractivity contribution in [1.29, 1.82) is 0 Å². The van der Waals surface area contributed by atoms with Gasteiger partial charge < -0.3 is 15.0 Å². The minimum Gasteiger partial charge on any atom is -0.497 e. The predicted octanol–water partition coefficient (Wildman–Crippen LogP) is 1.90. The summed E-state index contributed by atoms with van der Waals surface area (Å²) in [4.78, 5) is 14.3. The van der Waals surface area contributed by atoms with Gasteiger partial charge in [0.15, 0.2) is 0 Å². The summed E-state index contributed by atoms with van der Waals surface area (Å²) in [5.41, 5.74) is 1.04. The van der Waals surface area contributed by atoms with E-state index in [0.29, 0.717) is 31.5 Å². The molecule has 1 unspecified atom stereocenters. The van der Waals surface area contributed by atoms with E-state index in [1.807, 2.05) is 29.2 Å². The molecule has 2 heterocycles. The van der Waals surface area contributed by atoms with E-state index < -0.39 is 10.0 Å². The van der Waals surface area contributed by atoms with Gasteiger partial charge in [0.25, 0.3) is 0 Å². The molecule has 3 rings (SSSR count). The van der Waals surface area contributed by atoms with Gasteiger partial charge in [-0.1, -0.05) is 12.1 Å². The maximum Gasteiger partial charge on any atom is 0.317 e. The zero-order valence-corrected chi connectivity index (χ0v) is 16.9. The zero-order chi connectivity index (χ0) is 19.4. The Balaban J connectivity index is 1.44. The number of amides is 2. The van der Waals surface area contributed by atoms with Crippen LogP contribution in [-0.4, -0.2) is 63.2 Å². The van der Waals surface area contributed by atoms with Crippen LogP contribution in [0.15, 0.2) is 24.3 Å². The number of hydrogen-bond acceptors (Lipinski definition) is 4. The van der Waals surface area contributed by atoms with Crippen molar-refractivity contribution in [2.75, 3.05) is 39.5 Å². The molecule has 2 aliphatic rings. The lowest BCUT2D eigenvalue weighted by atomic mass is 9.84. The van der Waals surface area contributed by atoms with Gasteiger partial charge in [-0.2, -0.15) is 0 Å². The molecule has 27 heavy (non-hydrogen) atoms. The molecule has 0 aromatic heterocycles. The number of carbonyl (C=O) groups excluding carboxylic acids is 1. The van der Waals surface area contributed by atoms with Crippen LogP contribution in [0.25, 0.3) is 0 Å². The van der Waals surface area contributed by atoms with Crippen molar-refractivity contribution in [1.82, 2.24) is 14.5 Å². The largest absolute Gasteiger partial charge is 0.497 e. The summed E-state index contributed by atoms with van der Waals surface area (Å²) in [7, 11) is -1.45. The standard InChI is InChI=1S/C19H29N3O4S/c1-26-18-5-3-15(4-6-18)13-20-19(23)21-10-7-17(14-21)16-8-11-22(12-9-16)27(2,24)25/h3-6,16-17H,7-14H2,1-2H3,(H,20,23). The molecule has 2 fully saturated rings. The average molecular weight is 396 g/mol. The first-order valence-corrected chi connectivity index (χ1v) is 11.3. The predicted molar refractivity (Wildman–Crippen MR) is 104 cm³/mol. The molecule has 150 valence electrons. The first-order valence-electron chi connectivity index (χ1n) is 9.47. The number of nitrogens with one attached hydrogen (secondary N) is 1. The summed E-state index contributed by atoms with van der Waals surface area (Å²) in [6.07, 6.45) is 4.05. The fraction of sp³-hybridized carbons (Fsp3) is 0.632. The molecule has 0 saturated carbocycles. The Bertz CT molecular complexity index is 743. The topological polar surface area (TPSA) is 79.0 Å². The maximum atomic E-state index is 12.5. The summed E-state index contributed by atoms with van der Waals surface area (Å²) in [5.74, 6) is 1.77. The number of carbonyl (C=O) groups is 1. The smallest absolute Gasteiger partial charge is 0.317 e. The van der Waals surface area contributed by atoms with E-state index >= 15 is 0 Å². The molecule has 2 aliphatic heterocycles. The highest BCUT2D eigenvalue weighted by molar-refractivity contribution is 7.88. The number of ether oxygens (including phenoxy) is 1. The summed E-state index contributed by atoms with van der Waals surface area (Å²) in [6, 6.07) is 7.64. The first-order chi connectivity index (χ1) is 12.9. The van der Waals surface area contributed by atoms with Gasteiger partial charge in [-0.15, -0.1) is 0 Å². The lowest BCUT2D eigenvalue weighted by molar-refractivity contribution is 0.191. The second kappa shape index (κ2) is 8.48. The van der Waals surface area contributed by atoms with Crippen LogP contribution < -0.4 is 10.1 Å². The van der Waals surface area contributed by atoms with Crippen LogP contribution in [0, 0.1) is 11.8 Å². The molecule has 1 aromatic carbocycles. The van der Waals surface area contributed by atoms with Crippen LogP contribution in [0.3, 0.4) is 0 Å². The van der Waals surface area contributed by atoms with Crippen LogP contribution in [0.1, 0.15) is 24.8 Å². The second-order valence-corrected chi connectivity index (χ2v) is 9.48. The molecule has 0 bridgehead atoms. The normalized spacial score (nSPS) is 22.0. The average Bonchev–Trinajstić information content (AvgIpc) is 3.16. The van der Waals surface area contributed by atoms with E-state index in [4.69, 9.17) is 4.74 Å². The van der Waals surface area contributed by atoms with Gasteiger partial charge in [0.05, 0.1) is 13.4 Å². The maximum absolute atomic E-state index is 12.5. The Kier molecular flexibility index (Phi) is 6.26.